The lowest BCUT2D eigenvalue weighted by molar-refractivity contribution is -0.286. The highest BCUT2D eigenvalue weighted by Crippen LogP contribution is 2.30. The van der Waals surface area contributed by atoms with Gasteiger partial charge < -0.3 is 18.9 Å². The highest BCUT2D eigenvalue weighted by Gasteiger charge is 2.47. The van der Waals surface area contributed by atoms with Crippen molar-refractivity contribution in [3.05, 3.63) is 0 Å². The molecule has 0 saturated carbocycles. The fraction of sp³-hybridized carbons (Fsp3) is 1.00. The normalized spacial score (nSPS) is 30.6. The van der Waals surface area contributed by atoms with Gasteiger partial charge >= 0.3 is 0 Å². The third kappa shape index (κ3) is 6.95. The molecule has 0 aromatic carbocycles. The molecule has 1 heterocycles. The zero-order chi connectivity index (χ0) is 17.8. The van der Waals surface area contributed by atoms with Crippen molar-refractivity contribution in [1.29, 1.82) is 0 Å². The van der Waals surface area contributed by atoms with Crippen molar-refractivity contribution >= 4 is 0 Å². The molecule has 0 bridgehead atoms. The van der Waals surface area contributed by atoms with Gasteiger partial charge in [-0.1, -0.05) is 47.0 Å². The van der Waals surface area contributed by atoms with E-state index in [1.807, 2.05) is 6.92 Å². The van der Waals surface area contributed by atoms with Gasteiger partial charge in [-0.15, -0.1) is 0 Å². The molecule has 0 radical (unpaired) electrons. The van der Waals surface area contributed by atoms with E-state index < -0.39 is 18.6 Å². The maximum absolute atomic E-state index is 14.6. The Bertz CT molecular complexity index is 303. The minimum atomic E-state index is -1.45. The van der Waals surface area contributed by atoms with Crippen LogP contribution in [0.5, 0.6) is 0 Å². The first-order valence-electron chi connectivity index (χ1n) is 9.83. The molecule has 1 saturated heterocycles. The Morgan fingerprint density at radius 1 is 0.708 bits per heavy atom. The Kier molecular flexibility index (Phi) is 11.8. The van der Waals surface area contributed by atoms with E-state index in [4.69, 9.17) is 18.9 Å². The highest BCUT2D eigenvalue weighted by molar-refractivity contribution is 4.92. The summed E-state index contributed by atoms with van der Waals surface area (Å²) in [5, 5.41) is 0. The standard InChI is InChI=1S/C19H37FO4/c1-5-9-12-21-16-15(8-4)24-19(20)18(23-14-11-7-3)17(16)22-13-10-6-2/h15-19H,5-14H2,1-4H3/t15?,16-,17?,18?,19+/m0/s1. The number of hydrogen-bond donors (Lipinski definition) is 0. The van der Waals surface area contributed by atoms with Gasteiger partial charge in [0.15, 0.2) is 0 Å². The lowest BCUT2D eigenvalue weighted by Crippen LogP contribution is -2.59. The minimum Gasteiger partial charge on any atom is -0.373 e. The SMILES string of the molecule is CCCCOC1C(OCCCC)[C@H](F)OC(CC)[C@@H]1OCCCC. The van der Waals surface area contributed by atoms with Crippen molar-refractivity contribution in [3.63, 3.8) is 0 Å². The van der Waals surface area contributed by atoms with E-state index in [-0.39, 0.29) is 12.2 Å². The van der Waals surface area contributed by atoms with Gasteiger partial charge in [0.2, 0.25) is 6.36 Å². The second kappa shape index (κ2) is 13.0. The molecule has 24 heavy (non-hydrogen) atoms. The van der Waals surface area contributed by atoms with Crippen LogP contribution in [0.1, 0.15) is 72.6 Å². The third-order valence-corrected chi connectivity index (χ3v) is 4.40. The van der Waals surface area contributed by atoms with E-state index in [1.54, 1.807) is 0 Å². The first-order chi connectivity index (χ1) is 11.7. The van der Waals surface area contributed by atoms with Crippen LogP contribution in [0.25, 0.3) is 0 Å². The van der Waals surface area contributed by atoms with Gasteiger partial charge in [0.05, 0.1) is 6.10 Å². The van der Waals surface area contributed by atoms with Crippen LogP contribution in [-0.2, 0) is 18.9 Å². The van der Waals surface area contributed by atoms with Gasteiger partial charge in [-0.05, 0) is 25.7 Å². The van der Waals surface area contributed by atoms with Crippen molar-refractivity contribution < 1.29 is 23.3 Å². The molecular formula is C19H37FO4. The Labute approximate surface area is 147 Å². The second-order valence-electron chi connectivity index (χ2n) is 6.50. The fourth-order valence-corrected chi connectivity index (χ4v) is 2.85. The van der Waals surface area contributed by atoms with Crippen LogP contribution in [0.15, 0.2) is 0 Å². The van der Waals surface area contributed by atoms with Gasteiger partial charge in [0.25, 0.3) is 0 Å². The number of unbranched alkanes of at least 4 members (excludes halogenated alkanes) is 3. The summed E-state index contributed by atoms with van der Waals surface area (Å²) < 4.78 is 38.0. The van der Waals surface area contributed by atoms with Crippen LogP contribution in [0.3, 0.4) is 0 Å². The number of halogens is 1. The van der Waals surface area contributed by atoms with Crippen molar-refractivity contribution in [2.75, 3.05) is 19.8 Å². The average molecular weight is 348 g/mol. The molecule has 0 aromatic rings. The first kappa shape index (κ1) is 21.8. The van der Waals surface area contributed by atoms with Crippen LogP contribution >= 0.6 is 0 Å². The number of ether oxygens (including phenoxy) is 4. The summed E-state index contributed by atoms with van der Waals surface area (Å²) in [5.41, 5.74) is 0. The fourth-order valence-electron chi connectivity index (χ4n) is 2.85. The number of rotatable bonds is 13. The summed E-state index contributed by atoms with van der Waals surface area (Å²) >= 11 is 0. The molecule has 144 valence electrons. The molecule has 0 N–H and O–H groups in total. The van der Waals surface area contributed by atoms with Crippen molar-refractivity contribution in [2.45, 2.75) is 103 Å². The third-order valence-electron chi connectivity index (χ3n) is 4.40. The average Bonchev–Trinajstić information content (AvgIpc) is 2.58. The van der Waals surface area contributed by atoms with E-state index >= 15 is 0 Å². The molecule has 5 atom stereocenters. The lowest BCUT2D eigenvalue weighted by atomic mass is 9.96. The molecule has 0 spiro atoms. The molecule has 1 rings (SSSR count). The largest absolute Gasteiger partial charge is 0.373 e. The highest BCUT2D eigenvalue weighted by atomic mass is 19.1. The van der Waals surface area contributed by atoms with Gasteiger partial charge in [0.1, 0.15) is 18.3 Å². The van der Waals surface area contributed by atoms with E-state index in [1.165, 1.54) is 0 Å². The monoisotopic (exact) mass is 348 g/mol. The van der Waals surface area contributed by atoms with E-state index in [0.29, 0.717) is 26.2 Å². The molecule has 5 heteroatoms. The predicted octanol–water partition coefficient (Wildman–Crippen LogP) is 4.65. The molecule has 3 unspecified atom stereocenters. The number of alkyl halides is 1. The Morgan fingerprint density at radius 3 is 1.62 bits per heavy atom. The van der Waals surface area contributed by atoms with Gasteiger partial charge in [0, 0.05) is 19.8 Å². The van der Waals surface area contributed by atoms with Gasteiger partial charge in [-0.2, -0.15) is 0 Å². The smallest absolute Gasteiger partial charge is 0.228 e. The summed E-state index contributed by atoms with van der Waals surface area (Å²) in [7, 11) is 0. The first-order valence-corrected chi connectivity index (χ1v) is 9.83. The summed E-state index contributed by atoms with van der Waals surface area (Å²) in [5.74, 6) is 0. The van der Waals surface area contributed by atoms with Crippen molar-refractivity contribution in [2.24, 2.45) is 0 Å². The maximum Gasteiger partial charge on any atom is 0.228 e. The quantitative estimate of drug-likeness (QED) is 0.454. The zero-order valence-electron chi connectivity index (χ0n) is 16.0. The Morgan fingerprint density at radius 2 is 1.17 bits per heavy atom. The van der Waals surface area contributed by atoms with Crippen molar-refractivity contribution in [1.82, 2.24) is 0 Å². The molecule has 0 aromatic heterocycles. The van der Waals surface area contributed by atoms with E-state index in [2.05, 4.69) is 20.8 Å². The van der Waals surface area contributed by atoms with Crippen LogP contribution in [0.2, 0.25) is 0 Å². The molecule has 4 nitrogen and oxygen atoms in total. The molecule has 1 aliphatic rings. The molecule has 0 amide bonds. The Balaban J connectivity index is 2.79. The van der Waals surface area contributed by atoms with Gasteiger partial charge in [-0.25, -0.2) is 4.39 Å². The summed E-state index contributed by atoms with van der Waals surface area (Å²) in [4.78, 5) is 0. The minimum absolute atomic E-state index is 0.267. The molecule has 1 aliphatic heterocycles. The van der Waals surface area contributed by atoms with E-state index in [9.17, 15) is 4.39 Å². The van der Waals surface area contributed by atoms with Crippen LogP contribution in [0, 0.1) is 0 Å². The zero-order valence-corrected chi connectivity index (χ0v) is 16.0. The van der Waals surface area contributed by atoms with Crippen LogP contribution in [-0.4, -0.2) is 50.6 Å². The molecule has 0 aliphatic carbocycles. The summed E-state index contributed by atoms with van der Waals surface area (Å²) in [6, 6.07) is 0. The number of hydrogen-bond acceptors (Lipinski definition) is 4. The lowest BCUT2D eigenvalue weighted by Gasteiger charge is -2.43. The van der Waals surface area contributed by atoms with Crippen molar-refractivity contribution in [3.8, 4) is 0 Å². The van der Waals surface area contributed by atoms with Crippen LogP contribution < -0.4 is 0 Å². The van der Waals surface area contributed by atoms with E-state index in [0.717, 1.165) is 38.5 Å². The second-order valence-corrected chi connectivity index (χ2v) is 6.50. The van der Waals surface area contributed by atoms with Gasteiger partial charge in [-0.3, -0.25) is 0 Å². The maximum atomic E-state index is 14.6. The summed E-state index contributed by atoms with van der Waals surface area (Å²) in [6.07, 6.45) is 3.55. The topological polar surface area (TPSA) is 36.9 Å². The molecular weight excluding hydrogens is 311 g/mol. The Hall–Kier alpha value is -0.230. The van der Waals surface area contributed by atoms with Crippen LogP contribution in [0.4, 0.5) is 4.39 Å². The molecule has 1 fully saturated rings. The predicted molar refractivity (Wildman–Crippen MR) is 94.0 cm³/mol. The summed E-state index contributed by atoms with van der Waals surface area (Å²) in [6.45, 7) is 10.1.